The first-order valence-electron chi connectivity index (χ1n) is 4.91. The molecule has 0 saturated carbocycles. The number of aromatic nitrogens is 1. The van der Waals surface area contributed by atoms with Crippen LogP contribution < -0.4 is 0 Å². The smallest absolute Gasteiger partial charge is 0.108 e. The molecule has 1 nitrogen and oxygen atoms in total. The van der Waals surface area contributed by atoms with Gasteiger partial charge < -0.3 is 0 Å². The van der Waals surface area contributed by atoms with Gasteiger partial charge in [0, 0.05) is 15.3 Å². The van der Waals surface area contributed by atoms with E-state index in [0.717, 1.165) is 10.7 Å². The predicted molar refractivity (Wildman–Crippen MR) is 73.6 cm³/mol. The third-order valence-electron chi connectivity index (χ3n) is 2.32. The van der Waals surface area contributed by atoms with Crippen molar-refractivity contribution in [2.75, 3.05) is 6.26 Å². The van der Waals surface area contributed by atoms with Crippen molar-refractivity contribution in [1.29, 1.82) is 0 Å². The van der Waals surface area contributed by atoms with Crippen molar-refractivity contribution < 1.29 is 0 Å². The number of rotatable bonds is 3. The summed E-state index contributed by atoms with van der Waals surface area (Å²) in [6.07, 6.45) is 2.08. The molecule has 0 fully saturated rings. The molecule has 0 radical (unpaired) electrons. The maximum atomic E-state index is 5.79. The summed E-state index contributed by atoms with van der Waals surface area (Å²) in [5.74, 6) is 0.494. The average Bonchev–Trinajstić information content (AvgIpc) is 2.71. The Kier molecular flexibility index (Phi) is 3.90. The third kappa shape index (κ3) is 2.42. The summed E-state index contributed by atoms with van der Waals surface area (Å²) in [5.41, 5.74) is 2.23. The molecule has 0 saturated heterocycles. The summed E-state index contributed by atoms with van der Waals surface area (Å²) in [6.45, 7) is 2.09. The van der Waals surface area contributed by atoms with E-state index in [9.17, 15) is 0 Å². The fourth-order valence-electron chi connectivity index (χ4n) is 1.53. The van der Waals surface area contributed by atoms with E-state index in [1.165, 1.54) is 15.3 Å². The molecule has 0 atom stereocenters. The van der Waals surface area contributed by atoms with Crippen LogP contribution in [-0.2, 0) is 5.88 Å². The van der Waals surface area contributed by atoms with E-state index in [1.54, 1.807) is 23.1 Å². The normalized spacial score (nSPS) is 10.7. The zero-order valence-corrected chi connectivity index (χ0v) is 11.5. The van der Waals surface area contributed by atoms with Crippen LogP contribution in [0.5, 0.6) is 0 Å². The monoisotopic (exact) mass is 269 g/mol. The minimum atomic E-state index is 0.494. The fourth-order valence-corrected chi connectivity index (χ4v) is 2.96. The van der Waals surface area contributed by atoms with Gasteiger partial charge in [0.1, 0.15) is 5.01 Å². The van der Waals surface area contributed by atoms with Crippen molar-refractivity contribution in [1.82, 2.24) is 4.98 Å². The molecule has 1 heterocycles. The molecular formula is C12H12ClNS2. The van der Waals surface area contributed by atoms with E-state index < -0.39 is 0 Å². The fraction of sp³-hybridized carbons (Fsp3) is 0.250. The van der Waals surface area contributed by atoms with Gasteiger partial charge in [0.25, 0.3) is 0 Å². The Morgan fingerprint density at radius 2 is 2.00 bits per heavy atom. The van der Waals surface area contributed by atoms with Gasteiger partial charge in [0.2, 0.25) is 0 Å². The van der Waals surface area contributed by atoms with E-state index in [-0.39, 0.29) is 0 Å². The Balaban J connectivity index is 2.38. The molecule has 0 amide bonds. The van der Waals surface area contributed by atoms with Gasteiger partial charge in [-0.2, -0.15) is 0 Å². The number of benzene rings is 1. The quantitative estimate of drug-likeness (QED) is 0.598. The number of hydrogen-bond acceptors (Lipinski definition) is 3. The molecule has 0 bridgehead atoms. The molecule has 1 aromatic carbocycles. The zero-order chi connectivity index (χ0) is 11.5. The topological polar surface area (TPSA) is 12.9 Å². The molecule has 0 unspecified atom stereocenters. The number of thiazole rings is 1. The Labute approximate surface area is 109 Å². The van der Waals surface area contributed by atoms with Gasteiger partial charge >= 0.3 is 0 Å². The summed E-state index contributed by atoms with van der Waals surface area (Å²) in [7, 11) is 0. The largest absolute Gasteiger partial charge is 0.240 e. The van der Waals surface area contributed by atoms with Crippen LogP contribution in [0.2, 0.25) is 0 Å². The number of aryl methyl sites for hydroxylation is 1. The second-order valence-corrected chi connectivity index (χ2v) is 5.81. The number of nitrogens with zero attached hydrogens (tertiary/aromatic N) is 1. The van der Waals surface area contributed by atoms with E-state index >= 15 is 0 Å². The summed E-state index contributed by atoms with van der Waals surface area (Å²) < 4.78 is 0. The molecule has 4 heteroatoms. The van der Waals surface area contributed by atoms with Gasteiger partial charge in [-0.3, -0.25) is 0 Å². The summed E-state index contributed by atoms with van der Waals surface area (Å²) in [4.78, 5) is 7.04. The number of hydrogen-bond donors (Lipinski definition) is 0. The molecule has 0 N–H and O–H groups in total. The van der Waals surface area contributed by atoms with Crippen molar-refractivity contribution in [3.05, 3.63) is 34.2 Å². The van der Waals surface area contributed by atoms with Crippen LogP contribution in [0.25, 0.3) is 11.3 Å². The Morgan fingerprint density at radius 1 is 1.31 bits per heavy atom. The van der Waals surface area contributed by atoms with E-state index in [0.29, 0.717) is 5.88 Å². The van der Waals surface area contributed by atoms with E-state index in [4.69, 9.17) is 11.6 Å². The molecule has 1 aromatic heterocycles. The number of halogens is 1. The maximum absolute atomic E-state index is 5.79. The van der Waals surface area contributed by atoms with Gasteiger partial charge in [-0.25, -0.2) is 4.98 Å². The van der Waals surface area contributed by atoms with Crippen LogP contribution in [0.3, 0.4) is 0 Å². The Hall–Kier alpha value is -0.510. The highest BCUT2D eigenvalue weighted by atomic mass is 35.5. The van der Waals surface area contributed by atoms with Crippen LogP contribution >= 0.6 is 34.7 Å². The molecule has 84 valence electrons. The number of alkyl halides is 1. The highest BCUT2D eigenvalue weighted by molar-refractivity contribution is 7.98. The molecule has 0 aliphatic carbocycles. The predicted octanol–water partition coefficient (Wildman–Crippen LogP) is 4.58. The molecule has 0 aliphatic heterocycles. The summed E-state index contributed by atoms with van der Waals surface area (Å²) in [5, 5.41) is 0.989. The van der Waals surface area contributed by atoms with Gasteiger partial charge in [-0.05, 0) is 25.3 Å². The van der Waals surface area contributed by atoms with Crippen LogP contribution in [0, 0.1) is 6.92 Å². The van der Waals surface area contributed by atoms with Crippen LogP contribution in [0.1, 0.15) is 9.88 Å². The Bertz CT molecular complexity index is 476. The lowest BCUT2D eigenvalue weighted by molar-refractivity contribution is 1.25. The third-order valence-corrected chi connectivity index (χ3v) is 4.44. The lowest BCUT2D eigenvalue weighted by Gasteiger charge is -2.00. The SMILES string of the molecule is CSc1ccc(-c2nc(CCl)sc2C)cc1. The van der Waals surface area contributed by atoms with E-state index in [1.807, 2.05) is 0 Å². The lowest BCUT2D eigenvalue weighted by Crippen LogP contribution is -1.81. The molecule has 0 aliphatic rings. The van der Waals surface area contributed by atoms with Crippen LogP contribution in [-0.4, -0.2) is 11.2 Å². The second kappa shape index (κ2) is 5.21. The Morgan fingerprint density at radius 3 is 2.50 bits per heavy atom. The molecule has 2 aromatic rings. The lowest BCUT2D eigenvalue weighted by atomic mass is 10.1. The van der Waals surface area contributed by atoms with Gasteiger partial charge in [0.05, 0.1) is 11.6 Å². The van der Waals surface area contributed by atoms with Gasteiger partial charge in [-0.15, -0.1) is 34.7 Å². The maximum Gasteiger partial charge on any atom is 0.108 e. The van der Waals surface area contributed by atoms with Crippen molar-refractivity contribution in [2.24, 2.45) is 0 Å². The summed E-state index contributed by atoms with van der Waals surface area (Å²) in [6, 6.07) is 8.48. The van der Waals surface area contributed by atoms with Crippen LogP contribution in [0.4, 0.5) is 0 Å². The first kappa shape index (κ1) is 12.0. The molecule has 16 heavy (non-hydrogen) atoms. The first-order chi connectivity index (χ1) is 7.74. The van der Waals surface area contributed by atoms with Gasteiger partial charge in [-0.1, -0.05) is 12.1 Å². The van der Waals surface area contributed by atoms with E-state index in [2.05, 4.69) is 42.4 Å². The highest BCUT2D eigenvalue weighted by Crippen LogP contribution is 2.29. The average molecular weight is 270 g/mol. The molecular weight excluding hydrogens is 258 g/mol. The molecule has 2 rings (SSSR count). The second-order valence-electron chi connectivity index (χ2n) is 3.37. The van der Waals surface area contributed by atoms with Gasteiger partial charge in [0.15, 0.2) is 0 Å². The van der Waals surface area contributed by atoms with Crippen molar-refractivity contribution in [3.63, 3.8) is 0 Å². The van der Waals surface area contributed by atoms with Crippen molar-refractivity contribution in [3.8, 4) is 11.3 Å². The minimum absolute atomic E-state index is 0.494. The minimum Gasteiger partial charge on any atom is -0.240 e. The first-order valence-corrected chi connectivity index (χ1v) is 7.49. The summed E-state index contributed by atoms with van der Waals surface area (Å²) >= 11 is 9.21. The van der Waals surface area contributed by atoms with Crippen LogP contribution in [0.15, 0.2) is 29.2 Å². The molecule has 0 spiro atoms. The standard InChI is InChI=1S/C12H12ClNS2/c1-8-12(14-11(7-13)16-8)9-3-5-10(15-2)6-4-9/h3-6H,7H2,1-2H3. The highest BCUT2D eigenvalue weighted by Gasteiger charge is 2.08. The zero-order valence-electron chi connectivity index (χ0n) is 9.16. The van der Waals surface area contributed by atoms with Crippen molar-refractivity contribution in [2.45, 2.75) is 17.7 Å². The van der Waals surface area contributed by atoms with Crippen molar-refractivity contribution >= 4 is 34.7 Å². The number of thioether (sulfide) groups is 1.